The van der Waals surface area contributed by atoms with Crippen LogP contribution in [0.1, 0.15) is 46.5 Å². The molecular formula is C17H35N3O2. The molecule has 0 aromatic heterocycles. The van der Waals surface area contributed by atoms with Crippen molar-refractivity contribution < 1.29 is 9.47 Å². The smallest absolute Gasteiger partial charge is 0.191 e. The summed E-state index contributed by atoms with van der Waals surface area (Å²) in [6.07, 6.45) is 4.53. The zero-order chi connectivity index (χ0) is 16.0. The second-order valence-corrected chi connectivity index (χ2v) is 5.99. The Morgan fingerprint density at radius 2 is 2.09 bits per heavy atom. The van der Waals surface area contributed by atoms with Crippen LogP contribution in [0.15, 0.2) is 4.99 Å². The van der Waals surface area contributed by atoms with E-state index < -0.39 is 0 Å². The monoisotopic (exact) mass is 313 g/mol. The highest BCUT2D eigenvalue weighted by Gasteiger charge is 2.15. The fourth-order valence-electron chi connectivity index (χ4n) is 2.45. The van der Waals surface area contributed by atoms with Crippen LogP contribution < -0.4 is 10.6 Å². The summed E-state index contributed by atoms with van der Waals surface area (Å²) in [4.78, 5) is 4.67. The van der Waals surface area contributed by atoms with Gasteiger partial charge in [0.1, 0.15) is 0 Å². The Morgan fingerprint density at radius 3 is 2.73 bits per heavy atom. The Balaban J connectivity index is 2.10. The molecule has 0 saturated carbocycles. The van der Waals surface area contributed by atoms with Crippen molar-refractivity contribution in [2.45, 2.75) is 46.5 Å². The van der Waals surface area contributed by atoms with E-state index in [0.29, 0.717) is 11.8 Å². The van der Waals surface area contributed by atoms with E-state index in [2.05, 4.69) is 36.4 Å². The molecule has 1 atom stereocenters. The molecule has 0 bridgehead atoms. The van der Waals surface area contributed by atoms with Crippen LogP contribution in [-0.2, 0) is 9.47 Å². The molecule has 0 spiro atoms. The van der Waals surface area contributed by atoms with Gasteiger partial charge in [0.2, 0.25) is 0 Å². The normalized spacial score (nSPS) is 18.9. The van der Waals surface area contributed by atoms with Gasteiger partial charge in [0, 0.05) is 38.8 Å². The number of aliphatic imine (C=N–C) groups is 1. The predicted octanol–water partition coefficient (Wildman–Crippen LogP) is 2.42. The van der Waals surface area contributed by atoms with Gasteiger partial charge in [-0.1, -0.05) is 26.7 Å². The maximum absolute atomic E-state index is 5.71. The molecular weight excluding hydrogens is 278 g/mol. The third kappa shape index (κ3) is 8.59. The molecule has 22 heavy (non-hydrogen) atoms. The minimum absolute atomic E-state index is 0.604. The highest BCUT2D eigenvalue weighted by Crippen LogP contribution is 2.12. The number of rotatable bonds is 11. The van der Waals surface area contributed by atoms with E-state index in [9.17, 15) is 0 Å². The highest BCUT2D eigenvalue weighted by molar-refractivity contribution is 5.79. The summed E-state index contributed by atoms with van der Waals surface area (Å²) < 4.78 is 11.1. The van der Waals surface area contributed by atoms with Crippen molar-refractivity contribution in [2.75, 3.05) is 46.1 Å². The third-order valence-electron chi connectivity index (χ3n) is 4.14. The molecule has 0 aliphatic carbocycles. The molecule has 130 valence electrons. The van der Waals surface area contributed by atoms with Crippen molar-refractivity contribution >= 4 is 5.96 Å². The van der Waals surface area contributed by atoms with Gasteiger partial charge in [-0.3, -0.25) is 4.99 Å². The number of hydrogen-bond acceptors (Lipinski definition) is 3. The fourth-order valence-corrected chi connectivity index (χ4v) is 2.45. The molecule has 1 unspecified atom stereocenters. The second kappa shape index (κ2) is 12.7. The van der Waals surface area contributed by atoms with E-state index in [-0.39, 0.29) is 0 Å². The Morgan fingerprint density at radius 1 is 1.27 bits per heavy atom. The zero-order valence-corrected chi connectivity index (χ0v) is 14.7. The van der Waals surface area contributed by atoms with E-state index in [1.54, 1.807) is 0 Å². The first-order valence-electron chi connectivity index (χ1n) is 8.97. The van der Waals surface area contributed by atoms with Gasteiger partial charge in [0.05, 0.1) is 13.2 Å². The lowest BCUT2D eigenvalue weighted by Crippen LogP contribution is -2.38. The minimum atomic E-state index is 0.604. The van der Waals surface area contributed by atoms with Crippen LogP contribution in [-0.4, -0.2) is 52.0 Å². The largest absolute Gasteiger partial charge is 0.381 e. The van der Waals surface area contributed by atoms with Crippen molar-refractivity contribution in [1.82, 2.24) is 10.6 Å². The Kier molecular flexibility index (Phi) is 11.1. The van der Waals surface area contributed by atoms with Crippen molar-refractivity contribution in [1.29, 1.82) is 0 Å². The summed E-state index contributed by atoms with van der Waals surface area (Å²) in [7, 11) is 0. The van der Waals surface area contributed by atoms with Gasteiger partial charge in [-0.25, -0.2) is 0 Å². The molecule has 5 heteroatoms. The highest BCUT2D eigenvalue weighted by atomic mass is 16.5. The van der Waals surface area contributed by atoms with Gasteiger partial charge in [0.25, 0.3) is 0 Å². The minimum Gasteiger partial charge on any atom is -0.381 e. The maximum Gasteiger partial charge on any atom is 0.191 e. The quantitative estimate of drug-likeness (QED) is 0.349. The molecule has 0 aromatic rings. The predicted molar refractivity (Wildman–Crippen MR) is 92.4 cm³/mol. The Bertz CT molecular complexity index is 288. The van der Waals surface area contributed by atoms with Gasteiger partial charge >= 0.3 is 0 Å². The van der Waals surface area contributed by atoms with Crippen LogP contribution in [0.5, 0.6) is 0 Å². The maximum atomic E-state index is 5.71. The lowest BCUT2D eigenvalue weighted by Gasteiger charge is -2.14. The van der Waals surface area contributed by atoms with Crippen LogP contribution in [0, 0.1) is 11.8 Å². The van der Waals surface area contributed by atoms with Crippen LogP contribution in [0.4, 0.5) is 0 Å². The van der Waals surface area contributed by atoms with Gasteiger partial charge in [-0.15, -0.1) is 0 Å². The van der Waals surface area contributed by atoms with E-state index in [1.807, 2.05) is 0 Å². The molecule has 0 aromatic carbocycles. The summed E-state index contributed by atoms with van der Waals surface area (Å²) in [6.45, 7) is 12.7. The third-order valence-corrected chi connectivity index (χ3v) is 4.14. The zero-order valence-electron chi connectivity index (χ0n) is 14.7. The molecule has 1 saturated heterocycles. The molecule has 1 fully saturated rings. The van der Waals surface area contributed by atoms with Gasteiger partial charge in [0.15, 0.2) is 5.96 Å². The lowest BCUT2D eigenvalue weighted by molar-refractivity contribution is 0.0888. The van der Waals surface area contributed by atoms with Gasteiger partial charge in [-0.05, 0) is 25.7 Å². The second-order valence-electron chi connectivity index (χ2n) is 5.99. The first-order chi connectivity index (χ1) is 10.8. The van der Waals surface area contributed by atoms with Gasteiger partial charge in [-0.2, -0.15) is 0 Å². The SMILES string of the molecule is CCNC(=NCC(CC)CC)NCCCOCC1CCOC1. The van der Waals surface area contributed by atoms with Crippen molar-refractivity contribution in [3.05, 3.63) is 0 Å². The molecule has 1 rings (SSSR count). The topological polar surface area (TPSA) is 54.9 Å². The van der Waals surface area contributed by atoms with Crippen LogP contribution in [0.25, 0.3) is 0 Å². The lowest BCUT2D eigenvalue weighted by atomic mass is 10.0. The van der Waals surface area contributed by atoms with E-state index in [4.69, 9.17) is 9.47 Å². The average Bonchev–Trinajstić information content (AvgIpc) is 3.04. The van der Waals surface area contributed by atoms with Crippen LogP contribution >= 0.6 is 0 Å². The summed E-state index contributed by atoms with van der Waals surface area (Å²) in [5.41, 5.74) is 0. The summed E-state index contributed by atoms with van der Waals surface area (Å²) in [5.74, 6) is 2.22. The molecule has 2 N–H and O–H groups in total. The van der Waals surface area contributed by atoms with Crippen LogP contribution in [0.2, 0.25) is 0 Å². The molecule has 5 nitrogen and oxygen atoms in total. The first-order valence-corrected chi connectivity index (χ1v) is 8.97. The molecule has 0 amide bonds. The Hall–Kier alpha value is -0.810. The average molecular weight is 313 g/mol. The molecule has 1 aliphatic rings. The molecule has 0 radical (unpaired) electrons. The van der Waals surface area contributed by atoms with E-state index in [1.165, 1.54) is 12.8 Å². The number of guanidine groups is 1. The summed E-state index contributed by atoms with van der Waals surface area (Å²) >= 11 is 0. The van der Waals surface area contributed by atoms with Crippen molar-refractivity contribution in [2.24, 2.45) is 16.8 Å². The van der Waals surface area contributed by atoms with E-state index in [0.717, 1.165) is 64.9 Å². The first kappa shape index (κ1) is 19.2. The fraction of sp³-hybridized carbons (Fsp3) is 0.941. The number of nitrogens with zero attached hydrogens (tertiary/aromatic N) is 1. The molecule has 1 heterocycles. The molecule has 1 aliphatic heterocycles. The van der Waals surface area contributed by atoms with E-state index >= 15 is 0 Å². The van der Waals surface area contributed by atoms with Crippen molar-refractivity contribution in [3.63, 3.8) is 0 Å². The van der Waals surface area contributed by atoms with Crippen molar-refractivity contribution in [3.8, 4) is 0 Å². The Labute approximate surface area is 136 Å². The number of ether oxygens (including phenoxy) is 2. The number of hydrogen-bond donors (Lipinski definition) is 2. The summed E-state index contributed by atoms with van der Waals surface area (Å²) in [5, 5.41) is 6.69. The van der Waals surface area contributed by atoms with Gasteiger partial charge < -0.3 is 20.1 Å². The standard InChI is InChI=1S/C17H35N3O2/c1-4-15(5-2)12-20-17(18-6-3)19-9-7-10-21-13-16-8-11-22-14-16/h15-16H,4-14H2,1-3H3,(H2,18,19,20). The number of nitrogens with one attached hydrogen (secondary N) is 2. The van der Waals surface area contributed by atoms with Crippen LogP contribution in [0.3, 0.4) is 0 Å². The summed E-state index contributed by atoms with van der Waals surface area (Å²) in [6, 6.07) is 0.